The summed E-state index contributed by atoms with van der Waals surface area (Å²) >= 11 is 10.9. The molecule has 0 saturated heterocycles. The van der Waals surface area contributed by atoms with Crippen molar-refractivity contribution in [1.82, 2.24) is 9.78 Å². The smallest absolute Gasteiger partial charge is 0.0738 e. The van der Waals surface area contributed by atoms with E-state index in [1.54, 1.807) is 0 Å². The van der Waals surface area contributed by atoms with Crippen molar-refractivity contribution >= 4 is 47.8 Å². The summed E-state index contributed by atoms with van der Waals surface area (Å²) in [7, 11) is 2.01. The Morgan fingerprint density at radius 3 is 2.19 bits per heavy atom. The van der Waals surface area contributed by atoms with Crippen LogP contribution in [0.15, 0.2) is 4.47 Å². The maximum Gasteiger partial charge on any atom is 0.0738 e. The minimum atomic E-state index is 0.267. The van der Waals surface area contributed by atoms with Crippen molar-refractivity contribution in [2.24, 2.45) is 12.5 Å². The van der Waals surface area contributed by atoms with Crippen molar-refractivity contribution in [3.05, 3.63) is 15.9 Å². The van der Waals surface area contributed by atoms with E-state index in [0.717, 1.165) is 33.7 Å². The Labute approximate surface area is 123 Å². The van der Waals surface area contributed by atoms with Crippen LogP contribution in [0.4, 0.5) is 0 Å². The van der Waals surface area contributed by atoms with Crippen LogP contribution >= 0.6 is 47.8 Å². The minimum absolute atomic E-state index is 0.267. The predicted molar refractivity (Wildman–Crippen MR) is 79.7 cm³/mol. The van der Waals surface area contributed by atoms with Crippen LogP contribution in [0.25, 0.3) is 0 Å². The van der Waals surface area contributed by atoms with Gasteiger partial charge in [0.05, 0.1) is 15.9 Å². The average molecular weight is 417 g/mol. The maximum absolute atomic E-state index is 4.44. The molecule has 0 radical (unpaired) electrons. The van der Waals surface area contributed by atoms with Crippen LogP contribution in [0.3, 0.4) is 0 Å². The van der Waals surface area contributed by atoms with E-state index < -0.39 is 0 Å². The van der Waals surface area contributed by atoms with E-state index in [-0.39, 0.29) is 5.41 Å². The van der Waals surface area contributed by atoms with Gasteiger partial charge in [-0.05, 0) is 41.1 Å². The third-order valence-corrected chi connectivity index (χ3v) is 6.53. The van der Waals surface area contributed by atoms with E-state index in [1.165, 1.54) is 5.69 Å². The molecular formula is C11H17Br3N2. The first kappa shape index (κ1) is 14.7. The lowest BCUT2D eigenvalue weighted by Gasteiger charge is -2.28. The molecule has 0 aromatic carbocycles. The van der Waals surface area contributed by atoms with E-state index in [2.05, 4.69) is 59.8 Å². The monoisotopic (exact) mass is 414 g/mol. The molecule has 0 amide bonds. The van der Waals surface area contributed by atoms with Gasteiger partial charge in [-0.2, -0.15) is 5.10 Å². The largest absolute Gasteiger partial charge is 0.271 e. The second-order valence-corrected chi connectivity index (χ2v) is 6.18. The Kier molecular flexibility index (Phi) is 5.52. The van der Waals surface area contributed by atoms with Crippen LogP contribution in [0, 0.1) is 12.3 Å². The fourth-order valence-corrected chi connectivity index (χ4v) is 4.27. The molecule has 0 spiro atoms. The molecule has 0 bridgehead atoms. The highest BCUT2D eigenvalue weighted by Gasteiger charge is 2.29. The van der Waals surface area contributed by atoms with Crippen LogP contribution in [0.5, 0.6) is 0 Å². The first-order valence-corrected chi connectivity index (χ1v) is 8.33. The molecule has 0 saturated carbocycles. The van der Waals surface area contributed by atoms with Crippen molar-refractivity contribution in [2.75, 3.05) is 10.7 Å². The number of hydrogen-bond donors (Lipinski definition) is 0. The molecule has 0 aliphatic heterocycles. The molecule has 1 aromatic heterocycles. The summed E-state index contributed by atoms with van der Waals surface area (Å²) in [6.07, 6.45) is 2.16. The van der Waals surface area contributed by atoms with E-state index >= 15 is 0 Å². The number of nitrogens with zero attached hydrogens (tertiary/aromatic N) is 2. The standard InChI is InChI=1S/C11H17Br3N2/c1-4-11(6-12,7-13)5-9-10(14)8(2)15-16(9)3/h4-7H2,1-3H3. The fourth-order valence-electron chi connectivity index (χ4n) is 1.67. The molecule has 0 atom stereocenters. The Balaban J connectivity index is 3.02. The van der Waals surface area contributed by atoms with Gasteiger partial charge in [0.25, 0.3) is 0 Å². The molecule has 1 rings (SSSR count). The third kappa shape index (κ3) is 2.91. The number of halogens is 3. The number of hydrogen-bond acceptors (Lipinski definition) is 1. The maximum atomic E-state index is 4.44. The lowest BCUT2D eigenvalue weighted by atomic mass is 9.85. The van der Waals surface area contributed by atoms with Gasteiger partial charge in [-0.25, -0.2) is 0 Å². The van der Waals surface area contributed by atoms with Gasteiger partial charge in [0, 0.05) is 17.7 Å². The number of aryl methyl sites for hydroxylation is 2. The third-order valence-electron chi connectivity index (χ3n) is 3.12. The summed E-state index contributed by atoms with van der Waals surface area (Å²) in [6, 6.07) is 0. The van der Waals surface area contributed by atoms with Gasteiger partial charge in [0.2, 0.25) is 0 Å². The normalized spacial score (nSPS) is 12.1. The summed E-state index contributed by atoms with van der Waals surface area (Å²) in [6.45, 7) is 4.27. The molecule has 0 unspecified atom stereocenters. The molecule has 0 N–H and O–H groups in total. The Morgan fingerprint density at radius 1 is 1.31 bits per heavy atom. The zero-order chi connectivity index (χ0) is 12.3. The zero-order valence-electron chi connectivity index (χ0n) is 9.86. The molecule has 1 aromatic rings. The highest BCUT2D eigenvalue weighted by atomic mass is 79.9. The Bertz CT molecular complexity index is 348. The van der Waals surface area contributed by atoms with E-state index in [4.69, 9.17) is 0 Å². The average Bonchev–Trinajstić information content (AvgIpc) is 2.52. The van der Waals surface area contributed by atoms with Gasteiger partial charge in [0.15, 0.2) is 0 Å². The Morgan fingerprint density at radius 2 is 1.88 bits per heavy atom. The second kappa shape index (κ2) is 6.01. The first-order chi connectivity index (χ1) is 7.49. The zero-order valence-corrected chi connectivity index (χ0v) is 14.6. The van der Waals surface area contributed by atoms with E-state index in [9.17, 15) is 0 Å². The van der Waals surface area contributed by atoms with Crippen molar-refractivity contribution < 1.29 is 0 Å². The minimum Gasteiger partial charge on any atom is -0.271 e. The van der Waals surface area contributed by atoms with Crippen LogP contribution in [0.1, 0.15) is 24.7 Å². The second-order valence-electron chi connectivity index (χ2n) is 4.27. The molecule has 16 heavy (non-hydrogen) atoms. The molecule has 1 heterocycles. The van der Waals surface area contributed by atoms with Crippen molar-refractivity contribution in [1.29, 1.82) is 0 Å². The van der Waals surface area contributed by atoms with Gasteiger partial charge >= 0.3 is 0 Å². The summed E-state index contributed by atoms with van der Waals surface area (Å²) < 4.78 is 3.13. The quantitative estimate of drug-likeness (QED) is 0.657. The van der Waals surface area contributed by atoms with Crippen molar-refractivity contribution in [2.45, 2.75) is 26.7 Å². The van der Waals surface area contributed by atoms with Gasteiger partial charge < -0.3 is 0 Å². The lowest BCUT2D eigenvalue weighted by molar-refractivity contribution is 0.362. The molecule has 0 aliphatic rings. The topological polar surface area (TPSA) is 17.8 Å². The number of rotatable bonds is 5. The predicted octanol–water partition coefficient (Wildman–Crippen LogP) is 4.22. The van der Waals surface area contributed by atoms with Crippen molar-refractivity contribution in [3.8, 4) is 0 Å². The van der Waals surface area contributed by atoms with Gasteiger partial charge in [-0.3, -0.25) is 4.68 Å². The summed E-state index contributed by atoms with van der Waals surface area (Å²) in [4.78, 5) is 0. The number of aromatic nitrogens is 2. The SMILES string of the molecule is CCC(CBr)(CBr)Cc1c(Br)c(C)nn1C. The van der Waals surface area contributed by atoms with Crippen LogP contribution in [-0.2, 0) is 13.5 Å². The van der Waals surface area contributed by atoms with Gasteiger partial charge in [-0.15, -0.1) is 0 Å². The Hall–Kier alpha value is 0.650. The molecule has 2 nitrogen and oxygen atoms in total. The van der Waals surface area contributed by atoms with Gasteiger partial charge in [0.1, 0.15) is 0 Å². The molecule has 0 aliphatic carbocycles. The fraction of sp³-hybridized carbons (Fsp3) is 0.727. The molecular weight excluding hydrogens is 400 g/mol. The van der Waals surface area contributed by atoms with E-state index in [1.807, 2.05) is 18.7 Å². The number of alkyl halides is 2. The van der Waals surface area contributed by atoms with Gasteiger partial charge in [-0.1, -0.05) is 38.8 Å². The summed E-state index contributed by atoms with van der Waals surface area (Å²) in [5, 5.41) is 6.43. The molecule has 5 heteroatoms. The first-order valence-electron chi connectivity index (χ1n) is 5.29. The highest BCUT2D eigenvalue weighted by molar-refractivity contribution is 9.10. The van der Waals surface area contributed by atoms with Crippen LogP contribution in [-0.4, -0.2) is 20.4 Å². The van der Waals surface area contributed by atoms with Crippen molar-refractivity contribution in [3.63, 3.8) is 0 Å². The molecule has 0 fully saturated rings. The summed E-state index contributed by atoms with van der Waals surface area (Å²) in [5.74, 6) is 0. The van der Waals surface area contributed by atoms with E-state index in [0.29, 0.717) is 0 Å². The van der Waals surface area contributed by atoms with Crippen LogP contribution in [0.2, 0.25) is 0 Å². The molecule has 92 valence electrons. The highest BCUT2D eigenvalue weighted by Crippen LogP contribution is 2.34. The lowest BCUT2D eigenvalue weighted by Crippen LogP contribution is -2.28. The summed E-state index contributed by atoms with van der Waals surface area (Å²) in [5.41, 5.74) is 2.60. The van der Waals surface area contributed by atoms with Crippen LogP contribution < -0.4 is 0 Å².